The maximum atomic E-state index is 5.45. The first kappa shape index (κ1) is 18.5. The molecule has 0 spiro atoms. The third kappa shape index (κ3) is 5.09. The molecular weight excluding hydrogens is 407 g/mol. The monoisotopic (exact) mass is 434 g/mol. The molecule has 1 atom stereocenters. The number of furan rings is 1. The van der Waals surface area contributed by atoms with Crippen LogP contribution < -0.4 is 5.32 Å². The lowest BCUT2D eigenvalue weighted by atomic mass is 10.2. The van der Waals surface area contributed by atoms with E-state index >= 15 is 0 Å². The van der Waals surface area contributed by atoms with Crippen LogP contribution in [0, 0.1) is 0 Å². The van der Waals surface area contributed by atoms with Gasteiger partial charge in [-0.3, -0.25) is 4.90 Å². The lowest BCUT2D eigenvalue weighted by Crippen LogP contribution is -2.46. The molecule has 7 heteroatoms. The minimum Gasteiger partial charge on any atom is -0.472 e. The summed E-state index contributed by atoms with van der Waals surface area (Å²) in [5, 5.41) is 3.41. The SMILES string of the molecule is CCNC(=NCc1ccoc1)N1CCC(N2CCOCC2)C1.I. The highest BCUT2D eigenvalue weighted by molar-refractivity contribution is 14.0. The summed E-state index contributed by atoms with van der Waals surface area (Å²) in [6.07, 6.45) is 4.66. The highest BCUT2D eigenvalue weighted by atomic mass is 127. The highest BCUT2D eigenvalue weighted by Gasteiger charge is 2.30. The number of nitrogens with zero attached hydrogens (tertiary/aromatic N) is 3. The molecule has 1 N–H and O–H groups in total. The van der Waals surface area contributed by atoms with Crippen molar-refractivity contribution in [2.45, 2.75) is 25.9 Å². The molecule has 0 saturated carbocycles. The molecule has 0 radical (unpaired) electrons. The van der Waals surface area contributed by atoms with Crippen LogP contribution in [0.4, 0.5) is 0 Å². The van der Waals surface area contributed by atoms with Crippen LogP contribution in [0.5, 0.6) is 0 Å². The van der Waals surface area contributed by atoms with E-state index in [-0.39, 0.29) is 24.0 Å². The zero-order valence-electron chi connectivity index (χ0n) is 13.7. The number of guanidine groups is 1. The van der Waals surface area contributed by atoms with Crippen LogP contribution in [0.25, 0.3) is 0 Å². The Balaban J connectivity index is 0.00000192. The van der Waals surface area contributed by atoms with Gasteiger partial charge in [0, 0.05) is 44.3 Å². The second-order valence-corrected chi connectivity index (χ2v) is 5.84. The number of nitrogens with one attached hydrogen (secondary N) is 1. The van der Waals surface area contributed by atoms with Gasteiger partial charge in [-0.1, -0.05) is 0 Å². The van der Waals surface area contributed by atoms with E-state index in [2.05, 4.69) is 22.0 Å². The zero-order valence-corrected chi connectivity index (χ0v) is 16.1. The Labute approximate surface area is 155 Å². The summed E-state index contributed by atoms with van der Waals surface area (Å²) < 4.78 is 10.6. The van der Waals surface area contributed by atoms with E-state index in [1.54, 1.807) is 12.5 Å². The minimum atomic E-state index is 0. The summed E-state index contributed by atoms with van der Waals surface area (Å²) in [4.78, 5) is 9.68. The molecule has 130 valence electrons. The number of ether oxygens (including phenoxy) is 1. The van der Waals surface area contributed by atoms with Gasteiger partial charge in [0.05, 0.1) is 32.3 Å². The molecule has 2 aliphatic rings. The first-order valence-corrected chi connectivity index (χ1v) is 8.23. The fourth-order valence-electron chi connectivity index (χ4n) is 3.15. The quantitative estimate of drug-likeness (QED) is 0.445. The molecule has 1 aromatic rings. The molecule has 0 aliphatic carbocycles. The van der Waals surface area contributed by atoms with Gasteiger partial charge in [-0.15, -0.1) is 24.0 Å². The standard InChI is InChI=1S/C16H26N4O2.HI/c1-2-17-16(18-11-14-4-8-22-13-14)20-5-3-15(12-20)19-6-9-21-10-7-19;/h4,8,13,15H,2-3,5-7,9-12H2,1H3,(H,17,18);1H. The third-order valence-corrected chi connectivity index (χ3v) is 4.35. The number of aliphatic imine (C=N–C) groups is 1. The van der Waals surface area contributed by atoms with Gasteiger partial charge in [0.2, 0.25) is 0 Å². The van der Waals surface area contributed by atoms with E-state index in [0.29, 0.717) is 12.6 Å². The van der Waals surface area contributed by atoms with E-state index in [4.69, 9.17) is 14.1 Å². The summed E-state index contributed by atoms with van der Waals surface area (Å²) >= 11 is 0. The molecule has 0 bridgehead atoms. The molecule has 1 aromatic heterocycles. The van der Waals surface area contributed by atoms with Gasteiger partial charge in [-0.25, -0.2) is 4.99 Å². The van der Waals surface area contributed by atoms with Crippen LogP contribution in [0.15, 0.2) is 28.0 Å². The molecule has 0 amide bonds. The second kappa shape index (κ2) is 9.48. The number of hydrogen-bond donors (Lipinski definition) is 1. The van der Waals surface area contributed by atoms with E-state index in [0.717, 1.165) is 57.5 Å². The molecular formula is C16H27IN4O2. The summed E-state index contributed by atoms with van der Waals surface area (Å²) in [7, 11) is 0. The largest absolute Gasteiger partial charge is 0.472 e. The van der Waals surface area contributed by atoms with Gasteiger partial charge in [0.15, 0.2) is 5.96 Å². The molecule has 2 fully saturated rings. The normalized spacial score (nSPS) is 22.9. The van der Waals surface area contributed by atoms with Crippen molar-refractivity contribution in [1.82, 2.24) is 15.1 Å². The van der Waals surface area contributed by atoms with Gasteiger partial charge < -0.3 is 19.4 Å². The highest BCUT2D eigenvalue weighted by Crippen LogP contribution is 2.17. The molecule has 0 aromatic carbocycles. The smallest absolute Gasteiger partial charge is 0.194 e. The molecule has 3 heterocycles. The first-order chi connectivity index (χ1) is 10.9. The molecule has 3 rings (SSSR count). The van der Waals surface area contributed by atoms with Gasteiger partial charge in [0.1, 0.15) is 0 Å². The van der Waals surface area contributed by atoms with Crippen molar-refractivity contribution in [3.8, 4) is 0 Å². The Hall–Kier alpha value is -0.800. The van der Waals surface area contributed by atoms with Crippen molar-refractivity contribution >= 4 is 29.9 Å². The predicted molar refractivity (Wildman–Crippen MR) is 101 cm³/mol. The summed E-state index contributed by atoms with van der Waals surface area (Å²) in [6, 6.07) is 2.59. The Morgan fingerprint density at radius 2 is 2.17 bits per heavy atom. The van der Waals surface area contributed by atoms with E-state index in [1.165, 1.54) is 6.42 Å². The van der Waals surface area contributed by atoms with Crippen LogP contribution in [0.3, 0.4) is 0 Å². The maximum Gasteiger partial charge on any atom is 0.194 e. The fraction of sp³-hybridized carbons (Fsp3) is 0.688. The molecule has 2 saturated heterocycles. The molecule has 6 nitrogen and oxygen atoms in total. The number of rotatable bonds is 4. The average Bonchev–Trinajstić information content (AvgIpc) is 3.24. The zero-order chi connectivity index (χ0) is 15.2. The second-order valence-electron chi connectivity index (χ2n) is 5.84. The van der Waals surface area contributed by atoms with Crippen molar-refractivity contribution < 1.29 is 9.15 Å². The lowest BCUT2D eigenvalue weighted by molar-refractivity contribution is 0.0195. The maximum absolute atomic E-state index is 5.45. The number of likely N-dealkylation sites (tertiary alicyclic amines) is 1. The van der Waals surface area contributed by atoms with E-state index in [1.807, 2.05) is 6.07 Å². The topological polar surface area (TPSA) is 53.2 Å². The average molecular weight is 434 g/mol. The summed E-state index contributed by atoms with van der Waals surface area (Å²) in [6.45, 7) is 9.64. The van der Waals surface area contributed by atoms with Gasteiger partial charge >= 0.3 is 0 Å². The Morgan fingerprint density at radius 1 is 1.35 bits per heavy atom. The lowest BCUT2D eigenvalue weighted by Gasteiger charge is -2.32. The predicted octanol–water partition coefficient (Wildman–Crippen LogP) is 1.77. The van der Waals surface area contributed by atoms with Crippen molar-refractivity contribution in [1.29, 1.82) is 0 Å². The van der Waals surface area contributed by atoms with Crippen molar-refractivity contribution in [3.05, 3.63) is 24.2 Å². The van der Waals surface area contributed by atoms with Crippen LogP contribution in [-0.2, 0) is 11.3 Å². The van der Waals surface area contributed by atoms with Crippen LogP contribution in [0.1, 0.15) is 18.9 Å². The van der Waals surface area contributed by atoms with Gasteiger partial charge in [-0.2, -0.15) is 0 Å². The van der Waals surface area contributed by atoms with Crippen LogP contribution in [-0.4, -0.2) is 67.7 Å². The number of halogens is 1. The van der Waals surface area contributed by atoms with Crippen LogP contribution >= 0.6 is 24.0 Å². The Morgan fingerprint density at radius 3 is 2.87 bits per heavy atom. The molecule has 23 heavy (non-hydrogen) atoms. The number of hydrogen-bond acceptors (Lipinski definition) is 4. The van der Waals surface area contributed by atoms with E-state index < -0.39 is 0 Å². The number of morpholine rings is 1. The van der Waals surface area contributed by atoms with Gasteiger partial charge in [-0.05, 0) is 19.4 Å². The minimum absolute atomic E-state index is 0. The fourth-order valence-corrected chi connectivity index (χ4v) is 3.15. The Bertz CT molecular complexity index is 474. The Kier molecular flexibility index (Phi) is 7.64. The van der Waals surface area contributed by atoms with Crippen molar-refractivity contribution in [2.24, 2.45) is 4.99 Å². The summed E-state index contributed by atoms with van der Waals surface area (Å²) in [5.74, 6) is 1.01. The molecule has 2 aliphatic heterocycles. The van der Waals surface area contributed by atoms with E-state index in [9.17, 15) is 0 Å². The first-order valence-electron chi connectivity index (χ1n) is 8.23. The summed E-state index contributed by atoms with van der Waals surface area (Å²) in [5.41, 5.74) is 1.11. The van der Waals surface area contributed by atoms with Gasteiger partial charge in [0.25, 0.3) is 0 Å². The van der Waals surface area contributed by atoms with Crippen molar-refractivity contribution in [2.75, 3.05) is 45.9 Å². The van der Waals surface area contributed by atoms with Crippen LogP contribution in [0.2, 0.25) is 0 Å². The van der Waals surface area contributed by atoms with Crippen molar-refractivity contribution in [3.63, 3.8) is 0 Å². The third-order valence-electron chi connectivity index (χ3n) is 4.35. The molecule has 1 unspecified atom stereocenters.